The molecule has 0 saturated heterocycles. The lowest BCUT2D eigenvalue weighted by Gasteiger charge is -1.99. The van der Waals surface area contributed by atoms with Gasteiger partial charge in [-0.25, -0.2) is 0 Å². The van der Waals surface area contributed by atoms with E-state index in [4.69, 9.17) is 32.5 Å². The summed E-state index contributed by atoms with van der Waals surface area (Å²) in [5, 5.41) is 24.3. The summed E-state index contributed by atoms with van der Waals surface area (Å²) in [6, 6.07) is -3.49. The summed E-state index contributed by atoms with van der Waals surface area (Å²) in [7, 11) is 0. The van der Waals surface area contributed by atoms with Gasteiger partial charge in [-0.05, 0) is 0 Å². The van der Waals surface area contributed by atoms with Crippen molar-refractivity contribution in [1.82, 2.24) is 0 Å². The first-order valence-electron chi connectivity index (χ1n) is 6.91. The van der Waals surface area contributed by atoms with Crippen LogP contribution in [-0.4, -0.2) is 69.1 Å². The second-order valence-corrected chi connectivity index (χ2v) is 4.85. The smallest absolute Gasteiger partial charge is 0.321 e. The molecule has 0 fully saturated rings. The lowest BCUT2D eigenvalue weighted by molar-refractivity contribution is -0.140. The molecule has 0 aliphatic heterocycles. The molecular formula is C12H24N6O9. The van der Waals surface area contributed by atoms with Crippen molar-refractivity contribution in [2.24, 2.45) is 34.4 Å². The van der Waals surface area contributed by atoms with Gasteiger partial charge in [0, 0.05) is 0 Å². The number of amides is 3. The van der Waals surface area contributed by atoms with Crippen LogP contribution in [0.2, 0.25) is 0 Å². The quantitative estimate of drug-likeness (QED) is 0.176. The molecule has 27 heavy (non-hydrogen) atoms. The van der Waals surface area contributed by atoms with Crippen LogP contribution in [0.4, 0.5) is 0 Å². The fourth-order valence-corrected chi connectivity index (χ4v) is 0.912. The minimum absolute atomic E-state index is 0.310. The van der Waals surface area contributed by atoms with Crippen LogP contribution in [0.25, 0.3) is 0 Å². The van der Waals surface area contributed by atoms with Gasteiger partial charge in [-0.2, -0.15) is 0 Å². The Labute approximate surface area is 152 Å². The number of rotatable bonds is 9. The van der Waals surface area contributed by atoms with Crippen molar-refractivity contribution in [3.63, 3.8) is 0 Å². The molecule has 0 radical (unpaired) electrons. The number of carbonyl (C=O) groups is 6. The van der Waals surface area contributed by atoms with Crippen LogP contribution in [0.15, 0.2) is 0 Å². The largest absolute Gasteiger partial charge is 0.480 e. The molecule has 0 heterocycles. The summed E-state index contributed by atoms with van der Waals surface area (Å²) in [6.45, 7) is 0. The summed E-state index contributed by atoms with van der Waals surface area (Å²) in [5.41, 5.74) is 28.7. The number of hydrogen-bond acceptors (Lipinski definition) is 9. The second-order valence-electron chi connectivity index (χ2n) is 4.85. The van der Waals surface area contributed by atoms with E-state index in [0.717, 1.165) is 0 Å². The van der Waals surface area contributed by atoms with Gasteiger partial charge in [-0.1, -0.05) is 0 Å². The number of carboxylic acids is 3. The van der Waals surface area contributed by atoms with Crippen LogP contribution in [0.3, 0.4) is 0 Å². The second kappa shape index (κ2) is 15.0. The Kier molecular flexibility index (Phi) is 15.8. The zero-order valence-corrected chi connectivity index (χ0v) is 14.1. The fourth-order valence-electron chi connectivity index (χ4n) is 0.912. The van der Waals surface area contributed by atoms with Gasteiger partial charge in [0.25, 0.3) is 0 Å². The normalized spacial score (nSPS) is 12.6. The van der Waals surface area contributed by atoms with E-state index in [1.165, 1.54) is 0 Å². The van der Waals surface area contributed by atoms with Crippen molar-refractivity contribution in [1.29, 1.82) is 0 Å². The van der Waals surface area contributed by atoms with Crippen molar-refractivity contribution in [3.8, 4) is 0 Å². The number of aliphatic carboxylic acids is 3. The van der Waals surface area contributed by atoms with E-state index in [2.05, 4.69) is 17.2 Å². The van der Waals surface area contributed by atoms with Crippen molar-refractivity contribution in [2.45, 2.75) is 37.4 Å². The molecule has 0 aliphatic rings. The van der Waals surface area contributed by atoms with Gasteiger partial charge < -0.3 is 49.7 Å². The summed E-state index contributed by atoms with van der Waals surface area (Å²) in [6.07, 6.45) is -0.931. The molecule has 0 saturated carbocycles. The van der Waals surface area contributed by atoms with Gasteiger partial charge in [0.2, 0.25) is 17.7 Å². The average Bonchev–Trinajstić information content (AvgIpc) is 2.46. The highest BCUT2D eigenvalue weighted by Gasteiger charge is 2.14. The minimum Gasteiger partial charge on any atom is -0.480 e. The Morgan fingerprint density at radius 1 is 0.519 bits per heavy atom. The molecule has 0 bridgehead atoms. The maximum Gasteiger partial charge on any atom is 0.321 e. The third-order valence-corrected chi connectivity index (χ3v) is 2.21. The Morgan fingerprint density at radius 2 is 0.667 bits per heavy atom. The highest BCUT2D eigenvalue weighted by molar-refractivity contribution is 5.84. The first-order chi connectivity index (χ1) is 12.1. The Morgan fingerprint density at radius 3 is 0.704 bits per heavy atom. The molecule has 15 nitrogen and oxygen atoms in total. The lowest BCUT2D eigenvalue weighted by atomic mass is 10.2. The monoisotopic (exact) mass is 396 g/mol. The Balaban J connectivity index is -0.000000320. The average molecular weight is 396 g/mol. The van der Waals surface area contributed by atoms with E-state index < -0.39 is 53.8 Å². The third-order valence-electron chi connectivity index (χ3n) is 2.21. The van der Waals surface area contributed by atoms with Crippen LogP contribution in [0, 0.1) is 0 Å². The Bertz CT molecular complexity index is 477. The molecule has 0 aromatic carbocycles. The van der Waals surface area contributed by atoms with E-state index in [9.17, 15) is 28.8 Å². The van der Waals surface area contributed by atoms with Crippen molar-refractivity contribution in [3.05, 3.63) is 0 Å². The fraction of sp³-hybridized carbons (Fsp3) is 0.500. The van der Waals surface area contributed by atoms with Crippen LogP contribution in [-0.2, 0) is 28.8 Å². The highest BCUT2D eigenvalue weighted by atomic mass is 16.4. The minimum atomic E-state index is -1.21. The summed E-state index contributed by atoms with van der Waals surface area (Å²) in [4.78, 5) is 59.7. The predicted molar refractivity (Wildman–Crippen MR) is 88.3 cm³/mol. The lowest BCUT2D eigenvalue weighted by Crippen LogP contribution is -2.34. The highest BCUT2D eigenvalue weighted by Crippen LogP contribution is 1.85. The first kappa shape index (κ1) is 28.5. The summed E-state index contributed by atoms with van der Waals surface area (Å²) < 4.78 is 0. The number of primary amides is 3. The number of hydrogen-bond donors (Lipinski definition) is 9. The van der Waals surface area contributed by atoms with Crippen LogP contribution < -0.4 is 34.4 Å². The maximum absolute atomic E-state index is 9.99. The first-order valence-corrected chi connectivity index (χ1v) is 6.91. The molecule has 156 valence electrons. The van der Waals surface area contributed by atoms with Gasteiger partial charge in [0.05, 0.1) is 19.3 Å². The maximum atomic E-state index is 9.99. The van der Waals surface area contributed by atoms with Crippen LogP contribution >= 0.6 is 0 Å². The van der Waals surface area contributed by atoms with Crippen LogP contribution in [0.1, 0.15) is 19.3 Å². The molecule has 0 aliphatic carbocycles. The van der Waals surface area contributed by atoms with E-state index in [0.29, 0.717) is 0 Å². The zero-order chi connectivity index (χ0) is 22.3. The molecule has 0 rings (SSSR count). The van der Waals surface area contributed by atoms with Crippen molar-refractivity contribution < 1.29 is 44.1 Å². The Hall–Kier alpha value is -3.30. The molecule has 15 N–H and O–H groups in total. The molecule has 3 atom stereocenters. The molecule has 3 unspecified atom stereocenters. The van der Waals surface area contributed by atoms with Gasteiger partial charge in [0.15, 0.2) is 0 Å². The van der Waals surface area contributed by atoms with Gasteiger partial charge >= 0.3 is 17.9 Å². The van der Waals surface area contributed by atoms with Crippen LogP contribution in [0.5, 0.6) is 0 Å². The van der Waals surface area contributed by atoms with E-state index >= 15 is 0 Å². The predicted octanol–water partition coefficient (Wildman–Crippen LogP) is -5.18. The molecule has 0 aromatic rings. The number of nitrogens with two attached hydrogens (primary N) is 6. The van der Waals surface area contributed by atoms with Gasteiger partial charge in [-0.15, -0.1) is 0 Å². The summed E-state index contributed by atoms with van der Waals surface area (Å²) in [5.74, 6) is -5.75. The van der Waals surface area contributed by atoms with Crippen molar-refractivity contribution in [2.75, 3.05) is 0 Å². The van der Waals surface area contributed by atoms with Gasteiger partial charge in [0.1, 0.15) is 18.1 Å². The number of carboxylic acid groups (broad SMARTS) is 3. The van der Waals surface area contributed by atoms with E-state index in [-0.39, 0.29) is 19.3 Å². The van der Waals surface area contributed by atoms with E-state index in [1.807, 2.05) is 0 Å². The van der Waals surface area contributed by atoms with Gasteiger partial charge in [-0.3, -0.25) is 28.8 Å². The zero-order valence-electron chi connectivity index (χ0n) is 14.1. The number of carbonyl (C=O) groups excluding carboxylic acids is 3. The molecule has 15 heteroatoms. The SMILES string of the molecule is NC(=O)CC(N)C(=O)O.NC(=O)CC(N)C(=O)O.NC(=O)CC(N)C(=O)O. The standard InChI is InChI=1S/3C4H8N2O3/c3*5-2(4(8)9)1-3(6)7/h3*2H,1,5H2,(H2,6,7)(H,8,9). The van der Waals surface area contributed by atoms with Crippen molar-refractivity contribution >= 4 is 35.6 Å². The third kappa shape index (κ3) is 22.7. The molecule has 0 aromatic heterocycles. The van der Waals surface area contributed by atoms with E-state index in [1.54, 1.807) is 0 Å². The topological polar surface area (TPSA) is 319 Å². The molecular weight excluding hydrogens is 372 g/mol. The molecule has 3 amide bonds. The summed E-state index contributed by atoms with van der Waals surface area (Å²) >= 11 is 0. The molecule has 0 spiro atoms.